The van der Waals surface area contributed by atoms with Crippen LogP contribution in [0.25, 0.3) is 0 Å². The molecule has 0 radical (unpaired) electrons. The molecule has 0 aliphatic rings. The number of carbonyl (C=O) groups is 1. The average molecular weight is 208 g/mol. The van der Waals surface area contributed by atoms with Crippen LogP contribution in [0.5, 0.6) is 5.75 Å². The van der Waals surface area contributed by atoms with Crippen molar-refractivity contribution in [1.29, 1.82) is 0 Å². The average Bonchev–Trinajstić information content (AvgIpc) is 2.21. The van der Waals surface area contributed by atoms with Gasteiger partial charge in [0.15, 0.2) is 0 Å². The SMILES string of the molecule is CCOc1ccccc1N[C@@H](C)C(N)=O. The number of hydrogen-bond donors (Lipinski definition) is 2. The highest BCUT2D eigenvalue weighted by Crippen LogP contribution is 2.24. The molecule has 0 aromatic heterocycles. The van der Waals surface area contributed by atoms with E-state index in [4.69, 9.17) is 10.5 Å². The molecule has 4 nitrogen and oxygen atoms in total. The first kappa shape index (κ1) is 11.4. The summed E-state index contributed by atoms with van der Waals surface area (Å²) in [5, 5.41) is 3.00. The van der Waals surface area contributed by atoms with E-state index in [2.05, 4.69) is 5.32 Å². The van der Waals surface area contributed by atoms with Gasteiger partial charge in [-0.25, -0.2) is 0 Å². The van der Waals surface area contributed by atoms with Crippen molar-refractivity contribution in [3.63, 3.8) is 0 Å². The number of amides is 1. The number of benzene rings is 1. The molecule has 1 aromatic rings. The summed E-state index contributed by atoms with van der Waals surface area (Å²) >= 11 is 0. The van der Waals surface area contributed by atoms with E-state index in [-0.39, 0.29) is 5.91 Å². The summed E-state index contributed by atoms with van der Waals surface area (Å²) in [6, 6.07) is 7.04. The van der Waals surface area contributed by atoms with Crippen LogP contribution in [-0.2, 0) is 4.79 Å². The molecule has 0 saturated carbocycles. The lowest BCUT2D eigenvalue weighted by Gasteiger charge is -2.15. The van der Waals surface area contributed by atoms with Gasteiger partial charge in [-0.1, -0.05) is 12.1 Å². The number of carbonyl (C=O) groups excluding carboxylic acids is 1. The standard InChI is InChI=1S/C11H16N2O2/c1-3-15-10-7-5-4-6-9(10)13-8(2)11(12)14/h4-8,13H,3H2,1-2H3,(H2,12,14)/t8-/m0/s1. The predicted molar refractivity (Wildman–Crippen MR) is 59.9 cm³/mol. The normalized spacial score (nSPS) is 11.9. The van der Waals surface area contributed by atoms with Crippen molar-refractivity contribution in [3.8, 4) is 5.75 Å². The summed E-state index contributed by atoms with van der Waals surface area (Å²) in [5.74, 6) is 0.342. The Hall–Kier alpha value is -1.71. The molecule has 0 saturated heterocycles. The van der Waals surface area contributed by atoms with E-state index < -0.39 is 6.04 Å². The number of nitrogens with one attached hydrogen (secondary N) is 1. The van der Waals surface area contributed by atoms with Crippen LogP contribution >= 0.6 is 0 Å². The number of primary amides is 1. The van der Waals surface area contributed by atoms with E-state index in [0.717, 1.165) is 11.4 Å². The third-order valence-corrected chi connectivity index (χ3v) is 1.99. The largest absolute Gasteiger partial charge is 0.492 e. The van der Waals surface area contributed by atoms with E-state index >= 15 is 0 Å². The first-order valence-electron chi connectivity index (χ1n) is 4.92. The number of hydrogen-bond acceptors (Lipinski definition) is 3. The summed E-state index contributed by atoms with van der Waals surface area (Å²) in [4.78, 5) is 10.9. The molecule has 4 heteroatoms. The van der Waals surface area contributed by atoms with Crippen LogP contribution in [0, 0.1) is 0 Å². The lowest BCUT2D eigenvalue weighted by molar-refractivity contribution is -0.118. The van der Waals surface area contributed by atoms with Crippen LogP contribution in [0.3, 0.4) is 0 Å². The highest BCUT2D eigenvalue weighted by molar-refractivity contribution is 5.83. The molecular weight excluding hydrogens is 192 g/mol. The summed E-state index contributed by atoms with van der Waals surface area (Å²) in [5.41, 5.74) is 5.95. The molecule has 0 bridgehead atoms. The minimum Gasteiger partial charge on any atom is -0.492 e. The quantitative estimate of drug-likeness (QED) is 0.768. The molecule has 1 rings (SSSR count). The minimum absolute atomic E-state index is 0.388. The zero-order chi connectivity index (χ0) is 11.3. The maximum atomic E-state index is 10.9. The van der Waals surface area contributed by atoms with Crippen LogP contribution in [0.15, 0.2) is 24.3 Å². The van der Waals surface area contributed by atoms with Crippen LogP contribution in [0.1, 0.15) is 13.8 Å². The number of ether oxygens (including phenoxy) is 1. The van der Waals surface area contributed by atoms with E-state index in [9.17, 15) is 4.79 Å². The van der Waals surface area contributed by atoms with Gasteiger partial charge in [-0.3, -0.25) is 4.79 Å². The second-order valence-electron chi connectivity index (χ2n) is 3.20. The van der Waals surface area contributed by atoms with Crippen molar-refractivity contribution in [2.45, 2.75) is 19.9 Å². The fraction of sp³-hybridized carbons (Fsp3) is 0.364. The Labute approximate surface area is 89.4 Å². The van der Waals surface area contributed by atoms with Gasteiger partial charge in [0.25, 0.3) is 0 Å². The van der Waals surface area contributed by atoms with Crippen molar-refractivity contribution in [1.82, 2.24) is 0 Å². The van der Waals surface area contributed by atoms with Crippen LogP contribution in [0.2, 0.25) is 0 Å². The van der Waals surface area contributed by atoms with Gasteiger partial charge in [0.05, 0.1) is 12.3 Å². The molecule has 0 unspecified atom stereocenters. The number of para-hydroxylation sites is 2. The van der Waals surface area contributed by atoms with Crippen molar-refractivity contribution >= 4 is 11.6 Å². The summed E-state index contributed by atoms with van der Waals surface area (Å²) < 4.78 is 5.40. The van der Waals surface area contributed by atoms with E-state index in [0.29, 0.717) is 6.61 Å². The number of anilines is 1. The van der Waals surface area contributed by atoms with E-state index in [1.54, 1.807) is 6.92 Å². The Morgan fingerprint density at radius 1 is 1.53 bits per heavy atom. The van der Waals surface area contributed by atoms with Gasteiger partial charge in [0, 0.05) is 0 Å². The number of rotatable bonds is 5. The second kappa shape index (κ2) is 5.24. The van der Waals surface area contributed by atoms with Crippen LogP contribution in [0.4, 0.5) is 5.69 Å². The van der Waals surface area contributed by atoms with Crippen molar-refractivity contribution < 1.29 is 9.53 Å². The maximum Gasteiger partial charge on any atom is 0.239 e. The zero-order valence-corrected chi connectivity index (χ0v) is 8.99. The monoisotopic (exact) mass is 208 g/mol. The van der Waals surface area contributed by atoms with Gasteiger partial charge in [0.1, 0.15) is 11.8 Å². The second-order valence-corrected chi connectivity index (χ2v) is 3.20. The minimum atomic E-state index is -0.411. The van der Waals surface area contributed by atoms with Gasteiger partial charge in [-0.2, -0.15) is 0 Å². The Morgan fingerprint density at radius 2 is 2.20 bits per heavy atom. The Morgan fingerprint density at radius 3 is 2.80 bits per heavy atom. The van der Waals surface area contributed by atoms with Crippen LogP contribution in [-0.4, -0.2) is 18.6 Å². The first-order valence-corrected chi connectivity index (χ1v) is 4.92. The fourth-order valence-corrected chi connectivity index (χ4v) is 1.17. The Bertz CT molecular complexity index is 339. The maximum absolute atomic E-state index is 10.9. The molecule has 0 aliphatic heterocycles. The molecule has 1 atom stereocenters. The highest BCUT2D eigenvalue weighted by atomic mass is 16.5. The molecule has 0 aliphatic carbocycles. The van der Waals surface area contributed by atoms with Crippen LogP contribution < -0.4 is 15.8 Å². The molecule has 1 aromatic carbocycles. The van der Waals surface area contributed by atoms with Crippen molar-refractivity contribution in [3.05, 3.63) is 24.3 Å². The van der Waals surface area contributed by atoms with Gasteiger partial charge in [-0.15, -0.1) is 0 Å². The van der Waals surface area contributed by atoms with Gasteiger partial charge >= 0.3 is 0 Å². The molecular formula is C11H16N2O2. The number of nitrogens with two attached hydrogens (primary N) is 1. The Kier molecular flexibility index (Phi) is 3.97. The highest BCUT2D eigenvalue weighted by Gasteiger charge is 2.10. The predicted octanol–water partition coefficient (Wildman–Crippen LogP) is 1.37. The summed E-state index contributed by atoms with van der Waals surface area (Å²) in [7, 11) is 0. The van der Waals surface area contributed by atoms with Crippen molar-refractivity contribution in [2.75, 3.05) is 11.9 Å². The van der Waals surface area contributed by atoms with E-state index in [1.807, 2.05) is 31.2 Å². The molecule has 0 spiro atoms. The molecule has 82 valence electrons. The zero-order valence-electron chi connectivity index (χ0n) is 8.99. The van der Waals surface area contributed by atoms with Gasteiger partial charge in [-0.05, 0) is 26.0 Å². The lowest BCUT2D eigenvalue weighted by atomic mass is 10.2. The smallest absolute Gasteiger partial charge is 0.239 e. The summed E-state index contributed by atoms with van der Waals surface area (Å²) in [6.07, 6.45) is 0. The first-order chi connectivity index (χ1) is 7.15. The topological polar surface area (TPSA) is 64.3 Å². The molecule has 0 fully saturated rings. The van der Waals surface area contributed by atoms with E-state index in [1.165, 1.54) is 0 Å². The molecule has 15 heavy (non-hydrogen) atoms. The third-order valence-electron chi connectivity index (χ3n) is 1.99. The van der Waals surface area contributed by atoms with Gasteiger partial charge in [0.2, 0.25) is 5.91 Å². The lowest BCUT2D eigenvalue weighted by Crippen LogP contribution is -2.32. The third kappa shape index (κ3) is 3.16. The molecule has 3 N–H and O–H groups in total. The fourth-order valence-electron chi connectivity index (χ4n) is 1.17. The Balaban J connectivity index is 2.79. The van der Waals surface area contributed by atoms with Gasteiger partial charge < -0.3 is 15.8 Å². The van der Waals surface area contributed by atoms with Crippen molar-refractivity contribution in [2.24, 2.45) is 5.73 Å². The molecule has 0 heterocycles. The molecule has 1 amide bonds. The summed E-state index contributed by atoms with van der Waals surface area (Å²) in [6.45, 7) is 4.21.